The van der Waals surface area contributed by atoms with Crippen LogP contribution in [0, 0.1) is 11.2 Å². The van der Waals surface area contributed by atoms with Gasteiger partial charge in [-0.25, -0.2) is 12.8 Å². The average Bonchev–Trinajstić information content (AvgIpc) is 2.78. The molecule has 0 atom stereocenters. The van der Waals surface area contributed by atoms with Crippen LogP contribution in [-0.4, -0.2) is 19.8 Å². The number of benzene rings is 1. The number of nitrogens with one attached hydrogen (secondary N) is 2. The third kappa shape index (κ3) is 2.76. The van der Waals surface area contributed by atoms with Crippen molar-refractivity contribution in [3.8, 4) is 0 Å². The summed E-state index contributed by atoms with van der Waals surface area (Å²) in [5.41, 5.74) is 4.51. The van der Waals surface area contributed by atoms with Gasteiger partial charge in [0.15, 0.2) is 0 Å². The molecule has 0 radical (unpaired) electrons. The molecule has 0 saturated heterocycles. The summed E-state index contributed by atoms with van der Waals surface area (Å²) < 4.78 is 40.0. The van der Waals surface area contributed by atoms with E-state index in [0.29, 0.717) is 12.8 Å². The van der Waals surface area contributed by atoms with E-state index < -0.39 is 21.4 Å². The summed E-state index contributed by atoms with van der Waals surface area (Å²) in [7, 11) is -3.88. The average molecular weight is 285 g/mol. The van der Waals surface area contributed by atoms with Gasteiger partial charge >= 0.3 is 0 Å². The SMILES string of the molecule is N=C(N)C1(NS(=O)(=O)c2cccc(F)c2)CCCC1. The second-order valence-electron chi connectivity index (χ2n) is 4.77. The lowest BCUT2D eigenvalue weighted by atomic mass is 9.98. The molecule has 4 N–H and O–H groups in total. The molecule has 1 aromatic rings. The van der Waals surface area contributed by atoms with Crippen molar-refractivity contribution in [2.75, 3.05) is 0 Å². The second kappa shape index (κ2) is 4.90. The smallest absolute Gasteiger partial charge is 0.241 e. The largest absolute Gasteiger partial charge is 0.386 e. The number of rotatable bonds is 4. The van der Waals surface area contributed by atoms with Gasteiger partial charge in [-0.15, -0.1) is 0 Å². The molecule has 0 aromatic heterocycles. The molecule has 0 spiro atoms. The molecule has 1 saturated carbocycles. The molecule has 5 nitrogen and oxygen atoms in total. The predicted octanol–water partition coefficient (Wildman–Crippen LogP) is 1.35. The van der Waals surface area contributed by atoms with E-state index in [9.17, 15) is 12.8 Å². The first-order chi connectivity index (χ1) is 8.86. The highest BCUT2D eigenvalue weighted by Gasteiger charge is 2.40. The van der Waals surface area contributed by atoms with Gasteiger partial charge in [0.05, 0.1) is 10.4 Å². The molecule has 1 aliphatic carbocycles. The van der Waals surface area contributed by atoms with Crippen LogP contribution in [0.4, 0.5) is 4.39 Å². The van der Waals surface area contributed by atoms with Crippen molar-refractivity contribution in [1.29, 1.82) is 5.41 Å². The maximum atomic E-state index is 13.1. The highest BCUT2D eigenvalue weighted by atomic mass is 32.2. The molecular formula is C12H16FN3O2S. The summed E-state index contributed by atoms with van der Waals surface area (Å²) in [5, 5.41) is 7.60. The first-order valence-corrected chi connectivity index (χ1v) is 7.48. The third-order valence-electron chi connectivity index (χ3n) is 3.41. The summed E-state index contributed by atoms with van der Waals surface area (Å²) in [4.78, 5) is -0.153. The van der Waals surface area contributed by atoms with Crippen LogP contribution < -0.4 is 10.5 Å². The van der Waals surface area contributed by atoms with Crippen molar-refractivity contribution >= 4 is 15.9 Å². The van der Waals surface area contributed by atoms with Gasteiger partial charge in [-0.2, -0.15) is 4.72 Å². The first-order valence-electron chi connectivity index (χ1n) is 6.00. The van der Waals surface area contributed by atoms with E-state index in [1.165, 1.54) is 18.2 Å². The zero-order valence-electron chi connectivity index (χ0n) is 10.3. The fraction of sp³-hybridized carbons (Fsp3) is 0.417. The summed E-state index contributed by atoms with van der Waals surface area (Å²) in [6, 6.07) is 4.77. The standard InChI is InChI=1S/C12H16FN3O2S/c13-9-4-3-5-10(8-9)19(17,18)16-12(11(14)15)6-1-2-7-12/h3-5,8,16H,1-2,6-7H2,(H3,14,15). The fourth-order valence-electron chi connectivity index (χ4n) is 2.36. The number of hydrogen-bond donors (Lipinski definition) is 3. The first kappa shape index (κ1) is 14.0. The van der Waals surface area contributed by atoms with Crippen LogP contribution >= 0.6 is 0 Å². The van der Waals surface area contributed by atoms with Crippen molar-refractivity contribution < 1.29 is 12.8 Å². The van der Waals surface area contributed by atoms with Crippen LogP contribution in [0.25, 0.3) is 0 Å². The Hall–Kier alpha value is -1.47. The van der Waals surface area contributed by atoms with Crippen molar-refractivity contribution in [1.82, 2.24) is 4.72 Å². The van der Waals surface area contributed by atoms with Crippen molar-refractivity contribution in [3.05, 3.63) is 30.1 Å². The maximum absolute atomic E-state index is 13.1. The second-order valence-corrected chi connectivity index (χ2v) is 6.45. The van der Waals surface area contributed by atoms with Gasteiger partial charge in [0.1, 0.15) is 11.7 Å². The lowest BCUT2D eigenvalue weighted by molar-refractivity contribution is 0.495. The highest BCUT2D eigenvalue weighted by Crippen LogP contribution is 2.31. The minimum atomic E-state index is -3.88. The number of nitrogens with two attached hydrogens (primary N) is 1. The van der Waals surface area contributed by atoms with E-state index in [-0.39, 0.29) is 10.7 Å². The van der Waals surface area contributed by atoms with Crippen molar-refractivity contribution in [2.45, 2.75) is 36.1 Å². The van der Waals surface area contributed by atoms with Crippen LogP contribution in [-0.2, 0) is 10.0 Å². The van der Waals surface area contributed by atoms with Gasteiger partial charge in [-0.1, -0.05) is 18.9 Å². The Labute approximate surface area is 111 Å². The molecule has 1 fully saturated rings. The van der Waals surface area contributed by atoms with Gasteiger partial charge in [0.2, 0.25) is 10.0 Å². The molecule has 0 amide bonds. The molecule has 104 valence electrons. The topological polar surface area (TPSA) is 96.0 Å². The van der Waals surface area contributed by atoms with E-state index in [1.807, 2.05) is 0 Å². The third-order valence-corrected chi connectivity index (χ3v) is 4.94. The van der Waals surface area contributed by atoms with Gasteiger partial charge in [0.25, 0.3) is 0 Å². The van der Waals surface area contributed by atoms with Crippen LogP contribution in [0.5, 0.6) is 0 Å². The molecule has 1 aliphatic rings. The quantitative estimate of drug-likeness (QED) is 0.575. The predicted molar refractivity (Wildman–Crippen MR) is 69.8 cm³/mol. The maximum Gasteiger partial charge on any atom is 0.241 e. The Bertz CT molecular complexity index is 595. The molecule has 7 heteroatoms. The molecule has 2 rings (SSSR count). The Morgan fingerprint density at radius 2 is 2.00 bits per heavy atom. The summed E-state index contributed by atoms with van der Waals surface area (Å²) >= 11 is 0. The number of hydrogen-bond acceptors (Lipinski definition) is 3. The van der Waals surface area contributed by atoms with Crippen LogP contribution in [0.2, 0.25) is 0 Å². The van der Waals surface area contributed by atoms with Gasteiger partial charge < -0.3 is 5.73 Å². The molecule has 0 aliphatic heterocycles. The Morgan fingerprint density at radius 3 is 2.53 bits per heavy atom. The lowest BCUT2D eigenvalue weighted by Crippen LogP contribution is -2.55. The zero-order chi connectivity index (χ0) is 14.1. The number of amidine groups is 1. The molecule has 0 unspecified atom stereocenters. The Kier molecular flexibility index (Phi) is 3.60. The molecular weight excluding hydrogens is 269 g/mol. The van der Waals surface area contributed by atoms with Gasteiger partial charge in [-0.05, 0) is 31.0 Å². The molecule has 0 bridgehead atoms. The number of sulfonamides is 1. The zero-order valence-corrected chi connectivity index (χ0v) is 11.1. The molecule has 0 heterocycles. The van der Waals surface area contributed by atoms with Gasteiger partial charge in [0, 0.05) is 0 Å². The van der Waals surface area contributed by atoms with Gasteiger partial charge in [-0.3, -0.25) is 5.41 Å². The van der Waals surface area contributed by atoms with Crippen LogP contribution in [0.1, 0.15) is 25.7 Å². The van der Waals surface area contributed by atoms with E-state index >= 15 is 0 Å². The summed E-state index contributed by atoms with van der Waals surface area (Å²) in [6.07, 6.45) is 2.62. The lowest BCUT2D eigenvalue weighted by Gasteiger charge is -2.28. The Morgan fingerprint density at radius 1 is 1.37 bits per heavy atom. The minimum absolute atomic E-state index is 0.153. The van der Waals surface area contributed by atoms with E-state index in [1.54, 1.807) is 0 Å². The summed E-state index contributed by atoms with van der Waals surface area (Å²) in [6.45, 7) is 0. The van der Waals surface area contributed by atoms with E-state index in [2.05, 4.69) is 4.72 Å². The monoisotopic (exact) mass is 285 g/mol. The van der Waals surface area contributed by atoms with E-state index in [0.717, 1.165) is 18.9 Å². The van der Waals surface area contributed by atoms with Crippen molar-refractivity contribution in [2.24, 2.45) is 5.73 Å². The number of halogens is 1. The Balaban J connectivity index is 2.33. The highest BCUT2D eigenvalue weighted by molar-refractivity contribution is 7.89. The van der Waals surface area contributed by atoms with Crippen LogP contribution in [0.15, 0.2) is 29.2 Å². The normalized spacial score (nSPS) is 18.4. The van der Waals surface area contributed by atoms with E-state index in [4.69, 9.17) is 11.1 Å². The minimum Gasteiger partial charge on any atom is -0.386 e. The summed E-state index contributed by atoms with van der Waals surface area (Å²) in [5.74, 6) is -0.809. The van der Waals surface area contributed by atoms with Crippen molar-refractivity contribution in [3.63, 3.8) is 0 Å². The fourth-order valence-corrected chi connectivity index (χ4v) is 3.83. The molecule has 19 heavy (non-hydrogen) atoms. The van der Waals surface area contributed by atoms with Crippen LogP contribution in [0.3, 0.4) is 0 Å². The molecule has 1 aromatic carbocycles.